The zero-order valence-electron chi connectivity index (χ0n) is 13.0. The molecule has 0 radical (unpaired) electrons. The Kier molecular flexibility index (Phi) is 6.89. The molecule has 0 aliphatic rings. The summed E-state index contributed by atoms with van der Waals surface area (Å²) in [5.41, 5.74) is 0.811. The normalized spacial score (nSPS) is 12.4. The molecule has 0 unspecified atom stereocenters. The van der Waals surface area contributed by atoms with Gasteiger partial charge in [0.15, 0.2) is 0 Å². The zero-order valence-corrected chi connectivity index (χ0v) is 13.0. The first-order valence-electron chi connectivity index (χ1n) is 7.02. The summed E-state index contributed by atoms with van der Waals surface area (Å²) in [6, 6.07) is 8.80. The van der Waals surface area contributed by atoms with E-state index in [9.17, 15) is 14.7 Å². The van der Waals surface area contributed by atoms with E-state index in [1.54, 1.807) is 38.1 Å². The Morgan fingerprint density at radius 1 is 1.09 bits per heavy atom. The molecule has 0 aromatic heterocycles. The fourth-order valence-electron chi connectivity index (χ4n) is 1.88. The van der Waals surface area contributed by atoms with Crippen LogP contribution in [0.4, 0.5) is 0 Å². The fourth-order valence-corrected chi connectivity index (χ4v) is 1.88. The molecule has 0 aliphatic carbocycles. The molecule has 1 aromatic rings. The zero-order chi connectivity index (χ0) is 16.5. The first-order valence-corrected chi connectivity index (χ1v) is 7.02. The maximum Gasteiger partial charge on any atom is 0.342 e. The summed E-state index contributed by atoms with van der Waals surface area (Å²) in [4.78, 5) is 23.9. The minimum Gasteiger partial charge on any atom is -0.512 e. The molecule has 1 aromatic carbocycles. The molecule has 5 heteroatoms. The topological polar surface area (TPSA) is 72.8 Å². The number of aliphatic hydroxyl groups is 1. The first-order chi connectivity index (χ1) is 10.5. The molecule has 5 nitrogen and oxygen atoms in total. The van der Waals surface area contributed by atoms with E-state index < -0.39 is 11.9 Å². The van der Waals surface area contributed by atoms with Gasteiger partial charge in [0.1, 0.15) is 11.3 Å². The Balaban J connectivity index is 3.39. The van der Waals surface area contributed by atoms with Gasteiger partial charge >= 0.3 is 11.9 Å². The Bertz CT molecular complexity index is 580. The van der Waals surface area contributed by atoms with E-state index in [4.69, 9.17) is 9.47 Å². The van der Waals surface area contributed by atoms with Crippen LogP contribution in [0.2, 0.25) is 0 Å². The molecule has 22 heavy (non-hydrogen) atoms. The van der Waals surface area contributed by atoms with Crippen LogP contribution >= 0.6 is 0 Å². The van der Waals surface area contributed by atoms with Gasteiger partial charge in [0.05, 0.1) is 13.2 Å². The number of ether oxygens (including phenoxy) is 2. The van der Waals surface area contributed by atoms with Crippen LogP contribution in [0.15, 0.2) is 47.7 Å². The smallest absolute Gasteiger partial charge is 0.342 e. The molecule has 0 spiro atoms. The predicted octanol–water partition coefficient (Wildman–Crippen LogP) is 3.03. The van der Waals surface area contributed by atoms with Crippen LogP contribution in [0.3, 0.4) is 0 Å². The van der Waals surface area contributed by atoms with Crippen molar-refractivity contribution in [2.24, 2.45) is 0 Å². The van der Waals surface area contributed by atoms with E-state index in [-0.39, 0.29) is 30.1 Å². The van der Waals surface area contributed by atoms with E-state index in [2.05, 4.69) is 0 Å². The molecule has 0 bridgehead atoms. The van der Waals surface area contributed by atoms with Crippen molar-refractivity contribution >= 4 is 17.5 Å². The van der Waals surface area contributed by atoms with Crippen LogP contribution in [0, 0.1) is 0 Å². The summed E-state index contributed by atoms with van der Waals surface area (Å²) >= 11 is 0. The van der Waals surface area contributed by atoms with Gasteiger partial charge < -0.3 is 14.6 Å². The monoisotopic (exact) mass is 304 g/mol. The maximum absolute atomic E-state index is 12.1. The highest BCUT2D eigenvalue weighted by Gasteiger charge is 2.22. The van der Waals surface area contributed by atoms with Crippen LogP contribution in [0.5, 0.6) is 0 Å². The average molecular weight is 304 g/mol. The van der Waals surface area contributed by atoms with Gasteiger partial charge in [0, 0.05) is 11.6 Å². The Morgan fingerprint density at radius 2 is 1.68 bits per heavy atom. The van der Waals surface area contributed by atoms with Crippen molar-refractivity contribution in [3.05, 3.63) is 53.3 Å². The molecule has 0 atom stereocenters. The van der Waals surface area contributed by atoms with Crippen molar-refractivity contribution in [1.82, 2.24) is 0 Å². The Labute approximate surface area is 129 Å². The number of rotatable bonds is 6. The summed E-state index contributed by atoms with van der Waals surface area (Å²) in [6.45, 7) is 5.10. The lowest BCUT2D eigenvalue weighted by atomic mass is 9.96. The third-order valence-electron chi connectivity index (χ3n) is 2.74. The van der Waals surface area contributed by atoms with E-state index in [0.717, 1.165) is 0 Å². The van der Waals surface area contributed by atoms with E-state index in [1.165, 1.54) is 13.0 Å². The molecule has 0 amide bonds. The van der Waals surface area contributed by atoms with Gasteiger partial charge in [0.25, 0.3) is 0 Å². The standard InChI is InChI=1S/C17H20O5/c1-4-21-15(19)11-14(13-9-7-6-8-10-13)16(12(3)18)17(20)22-5-2/h6-11,18H,4-5H2,1-3H3/b14-11+,16-12+. The van der Waals surface area contributed by atoms with Crippen molar-refractivity contribution in [2.45, 2.75) is 20.8 Å². The van der Waals surface area contributed by atoms with E-state index in [0.29, 0.717) is 5.56 Å². The molecule has 1 rings (SSSR count). The van der Waals surface area contributed by atoms with Crippen molar-refractivity contribution in [3.63, 3.8) is 0 Å². The van der Waals surface area contributed by atoms with E-state index in [1.807, 2.05) is 6.07 Å². The van der Waals surface area contributed by atoms with Gasteiger partial charge in [-0.05, 0) is 26.3 Å². The van der Waals surface area contributed by atoms with E-state index >= 15 is 0 Å². The first kappa shape index (κ1) is 17.5. The van der Waals surface area contributed by atoms with Gasteiger partial charge in [-0.25, -0.2) is 9.59 Å². The second-order valence-corrected chi connectivity index (χ2v) is 4.36. The lowest BCUT2D eigenvalue weighted by molar-refractivity contribution is -0.138. The molecule has 1 N–H and O–H groups in total. The SMILES string of the molecule is CCOC(=O)/C=C(/C(C(=O)OCC)=C(/C)O)c1ccccc1. The van der Waals surface area contributed by atoms with Gasteiger partial charge in [-0.1, -0.05) is 30.3 Å². The molecule has 118 valence electrons. The number of hydrogen-bond acceptors (Lipinski definition) is 5. The quantitative estimate of drug-likeness (QED) is 0.378. The van der Waals surface area contributed by atoms with Crippen molar-refractivity contribution in [3.8, 4) is 0 Å². The lowest BCUT2D eigenvalue weighted by Crippen LogP contribution is -2.13. The minimum atomic E-state index is -0.693. The third kappa shape index (κ3) is 4.77. The molecular formula is C17H20O5. The van der Waals surface area contributed by atoms with Crippen molar-refractivity contribution in [2.75, 3.05) is 13.2 Å². The number of allylic oxidation sites excluding steroid dienone is 1. The summed E-state index contributed by atoms with van der Waals surface area (Å²) in [6.07, 6.45) is 1.19. The molecule has 0 saturated heterocycles. The molecular weight excluding hydrogens is 284 g/mol. The van der Waals surface area contributed by atoms with Gasteiger partial charge in [-0.3, -0.25) is 0 Å². The van der Waals surface area contributed by atoms with Crippen molar-refractivity contribution < 1.29 is 24.2 Å². The maximum atomic E-state index is 12.1. The highest BCUT2D eigenvalue weighted by atomic mass is 16.5. The number of aliphatic hydroxyl groups excluding tert-OH is 1. The Hall–Kier alpha value is -2.56. The third-order valence-corrected chi connectivity index (χ3v) is 2.74. The number of hydrogen-bond donors (Lipinski definition) is 1. The van der Waals surface area contributed by atoms with Crippen molar-refractivity contribution in [1.29, 1.82) is 0 Å². The predicted molar refractivity (Wildman–Crippen MR) is 83.0 cm³/mol. The minimum absolute atomic E-state index is 0.0545. The summed E-state index contributed by atoms with van der Waals surface area (Å²) in [5.74, 6) is -1.51. The van der Waals surface area contributed by atoms with Crippen LogP contribution in [-0.2, 0) is 19.1 Å². The highest BCUT2D eigenvalue weighted by Crippen LogP contribution is 2.26. The number of esters is 2. The van der Waals surface area contributed by atoms with Gasteiger partial charge in [0.2, 0.25) is 0 Å². The summed E-state index contributed by atoms with van der Waals surface area (Å²) in [5, 5.41) is 9.87. The molecule has 0 fully saturated rings. The summed E-state index contributed by atoms with van der Waals surface area (Å²) in [7, 11) is 0. The molecule has 0 heterocycles. The second-order valence-electron chi connectivity index (χ2n) is 4.36. The van der Waals surface area contributed by atoms with Gasteiger partial charge in [-0.2, -0.15) is 0 Å². The fraction of sp³-hybridized carbons (Fsp3) is 0.294. The number of carbonyl (C=O) groups excluding carboxylic acids is 2. The molecule has 0 saturated carbocycles. The highest BCUT2D eigenvalue weighted by molar-refractivity contribution is 6.10. The number of benzene rings is 1. The van der Waals surface area contributed by atoms with Crippen LogP contribution in [-0.4, -0.2) is 30.3 Å². The second kappa shape index (κ2) is 8.67. The van der Waals surface area contributed by atoms with Crippen LogP contribution in [0.25, 0.3) is 5.57 Å². The number of carbonyl (C=O) groups is 2. The van der Waals surface area contributed by atoms with Crippen LogP contribution in [0.1, 0.15) is 26.3 Å². The lowest BCUT2D eigenvalue weighted by Gasteiger charge is -2.13. The Morgan fingerprint density at radius 3 is 2.18 bits per heavy atom. The summed E-state index contributed by atoms with van der Waals surface area (Å²) < 4.78 is 9.85. The molecule has 0 aliphatic heterocycles. The average Bonchev–Trinajstić information content (AvgIpc) is 2.47. The van der Waals surface area contributed by atoms with Gasteiger partial charge in [-0.15, -0.1) is 0 Å². The van der Waals surface area contributed by atoms with Crippen LogP contribution < -0.4 is 0 Å². The largest absolute Gasteiger partial charge is 0.512 e.